The summed E-state index contributed by atoms with van der Waals surface area (Å²) in [5.74, 6) is 0.682. The van der Waals surface area contributed by atoms with Crippen LogP contribution in [0.1, 0.15) is 116 Å². The number of fused-ring (bicyclic) bond motifs is 1. The standard InChI is InChI=1S/C40H50BO3/c1-11-15-17-31-24-32(20-19-28(31)8)38-29(9)33(16-12-2)35-23-26(6)22-34(39(35)44-38)30(10)41-36(21-18-25(5)13-3)37(40(42)43)27(7)14-4/h16-24,30H,8,11-15H2,1-7,9-10H3,(H,42,43)/b25-18+,31-17-,33-16-,36-21+,37-27+. The lowest BCUT2D eigenvalue weighted by molar-refractivity contribution is -0.132. The fraction of sp³-hybridized carbons (Fsp3) is 0.375. The van der Waals surface area contributed by atoms with E-state index in [9.17, 15) is 9.90 Å². The minimum absolute atomic E-state index is 0.109. The van der Waals surface area contributed by atoms with E-state index in [1.54, 1.807) is 0 Å². The Morgan fingerprint density at radius 3 is 2.36 bits per heavy atom. The number of aryl methyl sites for hydroxylation is 1. The van der Waals surface area contributed by atoms with Crippen molar-refractivity contribution in [1.82, 2.24) is 0 Å². The van der Waals surface area contributed by atoms with E-state index in [1.165, 1.54) is 11.1 Å². The highest BCUT2D eigenvalue weighted by molar-refractivity contribution is 6.50. The predicted octanol–water partition coefficient (Wildman–Crippen LogP) is 9.42. The highest BCUT2D eigenvalue weighted by Crippen LogP contribution is 2.46. The molecule has 3 rings (SSSR count). The van der Waals surface area contributed by atoms with Gasteiger partial charge in [0.05, 0.1) is 5.57 Å². The molecule has 2 aromatic carbocycles. The third-order valence-electron chi connectivity index (χ3n) is 8.45. The number of hydrogen-bond donors (Lipinski definition) is 1. The zero-order valence-corrected chi connectivity index (χ0v) is 28.4. The van der Waals surface area contributed by atoms with Crippen molar-refractivity contribution in [2.45, 2.75) is 100 Å². The van der Waals surface area contributed by atoms with Gasteiger partial charge in [-0.05, 0) is 104 Å². The number of rotatable bonds is 12. The Balaban J connectivity index is 2.23. The van der Waals surface area contributed by atoms with Gasteiger partial charge in [0, 0.05) is 11.1 Å². The Kier molecular flexibility index (Phi) is 12.5. The van der Waals surface area contributed by atoms with Gasteiger partial charge in [0.2, 0.25) is 0 Å². The molecule has 1 aliphatic rings. The number of carboxylic acids is 1. The van der Waals surface area contributed by atoms with Gasteiger partial charge in [0.25, 0.3) is 0 Å². The number of unbranched alkanes of at least 4 members (excludes halogenated alkanes) is 1. The van der Waals surface area contributed by atoms with Crippen LogP contribution in [0.3, 0.4) is 0 Å². The quantitative estimate of drug-likeness (QED) is 0.152. The molecule has 1 radical (unpaired) electrons. The number of carbonyl (C=O) groups is 1. The first-order valence-corrected chi connectivity index (χ1v) is 16.2. The molecular formula is C40H50BO3. The van der Waals surface area contributed by atoms with Crippen LogP contribution in [0.4, 0.5) is 0 Å². The van der Waals surface area contributed by atoms with Gasteiger partial charge in [-0.3, -0.25) is 0 Å². The van der Waals surface area contributed by atoms with Crippen LogP contribution in [0.15, 0.2) is 76.3 Å². The summed E-state index contributed by atoms with van der Waals surface area (Å²) in [6.45, 7) is 23.1. The molecule has 1 heterocycles. The van der Waals surface area contributed by atoms with Gasteiger partial charge in [-0.25, -0.2) is 4.79 Å². The number of allylic oxidation sites excluding steroid dienone is 7. The lowest BCUT2D eigenvalue weighted by Crippen LogP contribution is -2.24. The minimum atomic E-state index is -0.900. The topological polar surface area (TPSA) is 46.5 Å². The van der Waals surface area contributed by atoms with Crippen molar-refractivity contribution in [1.29, 1.82) is 0 Å². The van der Waals surface area contributed by atoms with Gasteiger partial charge in [-0.2, -0.15) is 0 Å². The zero-order chi connectivity index (χ0) is 32.6. The van der Waals surface area contributed by atoms with Crippen LogP contribution >= 0.6 is 0 Å². The molecular weight excluding hydrogens is 539 g/mol. The summed E-state index contributed by atoms with van der Waals surface area (Å²) in [6, 6.07) is 10.8. The zero-order valence-electron chi connectivity index (χ0n) is 28.4. The molecule has 1 aliphatic heterocycles. The lowest BCUT2D eigenvalue weighted by atomic mass is 9.54. The first kappa shape index (κ1) is 34.7. The maximum absolute atomic E-state index is 12.5. The van der Waals surface area contributed by atoms with Gasteiger partial charge in [0.1, 0.15) is 11.5 Å². The second-order valence-electron chi connectivity index (χ2n) is 12.0. The Morgan fingerprint density at radius 2 is 1.75 bits per heavy atom. The summed E-state index contributed by atoms with van der Waals surface area (Å²) in [6.07, 6.45) is 13.1. The largest absolute Gasteiger partial charge is 0.478 e. The van der Waals surface area contributed by atoms with Crippen LogP contribution in [0.2, 0.25) is 0 Å². The maximum atomic E-state index is 12.5. The van der Waals surface area contributed by atoms with Crippen molar-refractivity contribution in [2.24, 2.45) is 0 Å². The van der Waals surface area contributed by atoms with Gasteiger partial charge in [0.15, 0.2) is 7.28 Å². The van der Waals surface area contributed by atoms with E-state index in [0.29, 0.717) is 12.0 Å². The van der Waals surface area contributed by atoms with E-state index in [2.05, 4.69) is 105 Å². The molecule has 0 bridgehead atoms. The third kappa shape index (κ3) is 8.02. The molecule has 4 heteroatoms. The van der Waals surface area contributed by atoms with E-state index < -0.39 is 5.97 Å². The molecule has 0 saturated heterocycles. The van der Waals surface area contributed by atoms with Crippen molar-refractivity contribution in [3.05, 3.63) is 109 Å². The van der Waals surface area contributed by atoms with Crippen LogP contribution in [-0.2, 0) is 4.79 Å². The molecule has 0 fully saturated rings. The molecule has 0 saturated carbocycles. The normalized spacial score (nSPS) is 16.5. The van der Waals surface area contributed by atoms with Gasteiger partial charge >= 0.3 is 5.97 Å². The number of ether oxygens (including phenoxy) is 1. The average Bonchev–Trinajstić information content (AvgIpc) is 2.99. The number of aliphatic carboxylic acids is 1. The second kappa shape index (κ2) is 15.8. The van der Waals surface area contributed by atoms with Gasteiger partial charge in [-0.15, -0.1) is 0 Å². The van der Waals surface area contributed by atoms with Gasteiger partial charge < -0.3 is 9.84 Å². The third-order valence-corrected chi connectivity index (χ3v) is 8.45. The summed E-state index contributed by atoms with van der Waals surface area (Å²) in [4.78, 5) is 12.5. The Morgan fingerprint density at radius 1 is 1.02 bits per heavy atom. The van der Waals surface area contributed by atoms with E-state index >= 15 is 0 Å². The fourth-order valence-corrected chi connectivity index (χ4v) is 5.59. The van der Waals surface area contributed by atoms with Crippen molar-refractivity contribution >= 4 is 37.2 Å². The van der Waals surface area contributed by atoms with E-state index in [4.69, 9.17) is 4.74 Å². The summed E-state index contributed by atoms with van der Waals surface area (Å²) in [5.41, 5.74) is 9.74. The van der Waals surface area contributed by atoms with Crippen LogP contribution < -0.4 is 15.2 Å². The number of benzene rings is 2. The SMILES string of the molecule is C=c1ccc(C2=C(C)/C(=C/CC)c3cc(C)cc(C(C)[B]C(=C/C=C(\C)CC)/C(C(=O)O)=C(/C)CC)c3O2)c/c1=C/CCC. The summed E-state index contributed by atoms with van der Waals surface area (Å²) >= 11 is 0. The lowest BCUT2D eigenvalue weighted by Gasteiger charge is -2.29. The molecule has 0 aromatic heterocycles. The van der Waals surface area contributed by atoms with Crippen LogP contribution in [0.25, 0.3) is 24.0 Å². The molecule has 0 amide bonds. The number of carboxylic acid groups (broad SMARTS) is 1. The predicted molar refractivity (Wildman–Crippen MR) is 190 cm³/mol. The molecule has 2 aromatic rings. The number of hydrogen-bond acceptors (Lipinski definition) is 2. The monoisotopic (exact) mass is 589 g/mol. The maximum Gasteiger partial charge on any atom is 0.335 e. The minimum Gasteiger partial charge on any atom is -0.478 e. The molecule has 231 valence electrons. The summed E-state index contributed by atoms with van der Waals surface area (Å²) < 4.78 is 6.91. The van der Waals surface area contributed by atoms with Crippen molar-refractivity contribution in [2.75, 3.05) is 0 Å². The Labute approximate surface area is 266 Å². The second-order valence-corrected chi connectivity index (χ2v) is 12.0. The molecule has 1 N–H and O–H groups in total. The smallest absolute Gasteiger partial charge is 0.335 e. The van der Waals surface area contributed by atoms with Crippen molar-refractivity contribution in [3.63, 3.8) is 0 Å². The molecule has 3 nitrogen and oxygen atoms in total. The van der Waals surface area contributed by atoms with Crippen LogP contribution in [0.5, 0.6) is 5.75 Å². The van der Waals surface area contributed by atoms with Gasteiger partial charge in [-0.1, -0.05) is 107 Å². The van der Waals surface area contributed by atoms with E-state index in [1.807, 2.05) is 26.0 Å². The summed E-state index contributed by atoms with van der Waals surface area (Å²) in [7, 11) is 2.09. The highest BCUT2D eigenvalue weighted by atomic mass is 16.5. The molecule has 44 heavy (non-hydrogen) atoms. The van der Waals surface area contributed by atoms with Crippen LogP contribution in [-0.4, -0.2) is 18.4 Å². The van der Waals surface area contributed by atoms with E-state index in [0.717, 1.165) is 86.5 Å². The molecule has 0 spiro atoms. The fourth-order valence-electron chi connectivity index (χ4n) is 5.59. The van der Waals surface area contributed by atoms with Crippen molar-refractivity contribution in [3.8, 4) is 5.75 Å². The Hall–Kier alpha value is -3.79. The first-order chi connectivity index (χ1) is 21.0. The molecule has 0 aliphatic carbocycles. The molecule has 1 unspecified atom stereocenters. The van der Waals surface area contributed by atoms with Crippen molar-refractivity contribution < 1.29 is 14.6 Å². The summed E-state index contributed by atoms with van der Waals surface area (Å²) in [5, 5.41) is 12.4. The van der Waals surface area contributed by atoms with E-state index in [-0.39, 0.29) is 5.82 Å². The highest BCUT2D eigenvalue weighted by Gasteiger charge is 2.29. The Bertz CT molecular complexity index is 1660. The van der Waals surface area contributed by atoms with Crippen LogP contribution in [0, 0.1) is 6.92 Å². The average molecular weight is 590 g/mol. The molecule has 1 atom stereocenters. The first-order valence-electron chi connectivity index (χ1n) is 16.2.